The second kappa shape index (κ2) is 5.54. The lowest BCUT2D eigenvalue weighted by Crippen LogP contribution is -2.04. The van der Waals surface area contributed by atoms with Gasteiger partial charge >= 0.3 is 0 Å². The Morgan fingerprint density at radius 1 is 1.33 bits per heavy atom. The molecule has 1 heterocycles. The van der Waals surface area contributed by atoms with Gasteiger partial charge in [0.2, 0.25) is 5.88 Å². The zero-order valence-electron chi connectivity index (χ0n) is 10.5. The summed E-state index contributed by atoms with van der Waals surface area (Å²) < 4.78 is 8.67. The molecule has 4 nitrogen and oxygen atoms in total. The maximum Gasteiger partial charge on any atom is 0.221 e. The molecule has 0 unspecified atom stereocenters. The molecule has 0 saturated heterocycles. The van der Waals surface area contributed by atoms with E-state index in [1.54, 1.807) is 4.68 Å². The standard InChI is InChI=1S/C13H16BrN3O/c1-9-12(7-8-15)13(17(2)16-9)18-11-5-3-10(14)4-6-11/h3-6H,7-8,15H2,1-2H3. The highest BCUT2D eigenvalue weighted by Gasteiger charge is 2.14. The Morgan fingerprint density at radius 2 is 2.00 bits per heavy atom. The van der Waals surface area contributed by atoms with Crippen molar-refractivity contribution in [3.63, 3.8) is 0 Å². The number of aryl methyl sites for hydroxylation is 2. The van der Waals surface area contributed by atoms with E-state index in [-0.39, 0.29) is 0 Å². The fourth-order valence-electron chi connectivity index (χ4n) is 1.85. The Labute approximate surface area is 115 Å². The summed E-state index contributed by atoms with van der Waals surface area (Å²) in [5, 5.41) is 4.37. The van der Waals surface area contributed by atoms with Gasteiger partial charge in [-0.1, -0.05) is 15.9 Å². The van der Waals surface area contributed by atoms with Crippen LogP contribution in [-0.4, -0.2) is 16.3 Å². The third kappa shape index (κ3) is 2.73. The summed E-state index contributed by atoms with van der Waals surface area (Å²) in [4.78, 5) is 0. The van der Waals surface area contributed by atoms with Gasteiger partial charge in [-0.15, -0.1) is 0 Å². The van der Waals surface area contributed by atoms with Crippen LogP contribution in [0.15, 0.2) is 28.7 Å². The van der Waals surface area contributed by atoms with Gasteiger partial charge in [-0.05, 0) is 44.2 Å². The van der Waals surface area contributed by atoms with E-state index in [0.29, 0.717) is 6.54 Å². The van der Waals surface area contributed by atoms with Crippen molar-refractivity contribution in [2.45, 2.75) is 13.3 Å². The van der Waals surface area contributed by atoms with Crippen molar-refractivity contribution in [2.24, 2.45) is 12.8 Å². The molecule has 18 heavy (non-hydrogen) atoms. The highest BCUT2D eigenvalue weighted by molar-refractivity contribution is 9.10. The highest BCUT2D eigenvalue weighted by atomic mass is 79.9. The van der Waals surface area contributed by atoms with Crippen LogP contribution in [0, 0.1) is 6.92 Å². The Balaban J connectivity index is 2.30. The molecule has 1 aromatic carbocycles. The van der Waals surface area contributed by atoms with Crippen molar-refractivity contribution in [3.8, 4) is 11.6 Å². The summed E-state index contributed by atoms with van der Waals surface area (Å²) in [5.74, 6) is 1.56. The summed E-state index contributed by atoms with van der Waals surface area (Å²) in [6.45, 7) is 2.56. The third-order valence-corrected chi connectivity index (χ3v) is 3.24. The molecule has 5 heteroatoms. The van der Waals surface area contributed by atoms with Crippen LogP contribution in [0.1, 0.15) is 11.3 Å². The van der Waals surface area contributed by atoms with Gasteiger partial charge in [0, 0.05) is 17.1 Å². The maximum absolute atomic E-state index is 5.89. The number of nitrogens with two attached hydrogens (primary N) is 1. The molecule has 96 valence electrons. The number of ether oxygens (including phenoxy) is 1. The lowest BCUT2D eigenvalue weighted by molar-refractivity contribution is 0.426. The van der Waals surface area contributed by atoms with E-state index in [0.717, 1.165) is 33.8 Å². The lowest BCUT2D eigenvalue weighted by atomic mass is 10.2. The van der Waals surface area contributed by atoms with Crippen molar-refractivity contribution in [3.05, 3.63) is 40.0 Å². The van der Waals surface area contributed by atoms with Crippen LogP contribution in [0.25, 0.3) is 0 Å². The molecule has 0 aliphatic heterocycles. The molecule has 0 aliphatic rings. The monoisotopic (exact) mass is 309 g/mol. The van der Waals surface area contributed by atoms with Crippen molar-refractivity contribution in [2.75, 3.05) is 6.54 Å². The zero-order valence-corrected chi connectivity index (χ0v) is 12.1. The first-order chi connectivity index (χ1) is 8.61. The van der Waals surface area contributed by atoms with Crippen molar-refractivity contribution >= 4 is 15.9 Å². The minimum absolute atomic E-state index is 0.587. The van der Waals surface area contributed by atoms with Crippen LogP contribution in [0.5, 0.6) is 11.6 Å². The lowest BCUT2D eigenvalue weighted by Gasteiger charge is -2.08. The van der Waals surface area contributed by atoms with Gasteiger partial charge in [-0.25, -0.2) is 4.68 Å². The number of halogens is 1. The summed E-state index contributed by atoms with van der Waals surface area (Å²) in [5.41, 5.74) is 7.66. The van der Waals surface area contributed by atoms with Gasteiger partial charge in [0.05, 0.1) is 5.69 Å². The molecular formula is C13H16BrN3O. The molecule has 2 N–H and O–H groups in total. The Kier molecular flexibility index (Phi) is 4.04. The van der Waals surface area contributed by atoms with E-state index in [1.807, 2.05) is 38.2 Å². The predicted octanol–water partition coefficient (Wildman–Crippen LogP) is 2.78. The molecule has 0 fully saturated rings. The van der Waals surface area contributed by atoms with Crippen LogP contribution >= 0.6 is 15.9 Å². The molecule has 0 amide bonds. The molecule has 1 aromatic heterocycles. The minimum atomic E-state index is 0.587. The molecular weight excluding hydrogens is 294 g/mol. The molecule has 2 rings (SSSR count). The molecule has 0 spiro atoms. The summed E-state index contributed by atoms with van der Waals surface area (Å²) in [6.07, 6.45) is 0.769. The highest BCUT2D eigenvalue weighted by Crippen LogP contribution is 2.28. The molecule has 0 bridgehead atoms. The fourth-order valence-corrected chi connectivity index (χ4v) is 2.12. The van der Waals surface area contributed by atoms with Crippen LogP contribution < -0.4 is 10.5 Å². The predicted molar refractivity (Wildman–Crippen MR) is 74.9 cm³/mol. The van der Waals surface area contributed by atoms with E-state index >= 15 is 0 Å². The number of nitrogens with zero attached hydrogens (tertiary/aromatic N) is 2. The van der Waals surface area contributed by atoms with Crippen molar-refractivity contribution in [1.29, 1.82) is 0 Å². The minimum Gasteiger partial charge on any atom is -0.439 e. The summed E-state index contributed by atoms with van der Waals surface area (Å²) >= 11 is 3.40. The zero-order chi connectivity index (χ0) is 13.1. The first-order valence-corrected chi connectivity index (χ1v) is 6.57. The van der Waals surface area contributed by atoms with Crippen LogP contribution in [0.2, 0.25) is 0 Å². The Hall–Kier alpha value is -1.33. The molecule has 0 saturated carbocycles. The third-order valence-electron chi connectivity index (χ3n) is 2.71. The molecule has 2 aromatic rings. The van der Waals surface area contributed by atoms with Gasteiger partial charge in [-0.2, -0.15) is 5.10 Å². The molecule has 0 radical (unpaired) electrons. The normalized spacial score (nSPS) is 10.7. The first-order valence-electron chi connectivity index (χ1n) is 5.77. The Morgan fingerprint density at radius 3 is 2.61 bits per heavy atom. The van der Waals surface area contributed by atoms with Gasteiger partial charge < -0.3 is 10.5 Å². The number of benzene rings is 1. The van der Waals surface area contributed by atoms with E-state index in [1.165, 1.54) is 0 Å². The SMILES string of the molecule is Cc1nn(C)c(Oc2ccc(Br)cc2)c1CCN. The van der Waals surface area contributed by atoms with Gasteiger partial charge in [0.1, 0.15) is 5.75 Å². The molecule has 0 atom stereocenters. The van der Waals surface area contributed by atoms with E-state index < -0.39 is 0 Å². The van der Waals surface area contributed by atoms with E-state index in [9.17, 15) is 0 Å². The first kappa shape index (κ1) is 13.1. The number of aromatic nitrogens is 2. The van der Waals surface area contributed by atoms with E-state index in [2.05, 4.69) is 21.0 Å². The summed E-state index contributed by atoms with van der Waals surface area (Å²) in [6, 6.07) is 7.72. The number of rotatable bonds is 4. The van der Waals surface area contributed by atoms with Crippen molar-refractivity contribution < 1.29 is 4.74 Å². The average Bonchev–Trinajstić information content (AvgIpc) is 2.59. The van der Waals surface area contributed by atoms with E-state index in [4.69, 9.17) is 10.5 Å². The topological polar surface area (TPSA) is 53.1 Å². The second-order valence-corrected chi connectivity index (χ2v) is 5.00. The second-order valence-electron chi connectivity index (χ2n) is 4.09. The van der Waals surface area contributed by atoms with Crippen LogP contribution in [0.3, 0.4) is 0 Å². The largest absolute Gasteiger partial charge is 0.439 e. The van der Waals surface area contributed by atoms with Gasteiger partial charge in [0.15, 0.2) is 0 Å². The fraction of sp³-hybridized carbons (Fsp3) is 0.308. The Bertz CT molecular complexity index is 534. The average molecular weight is 310 g/mol. The smallest absolute Gasteiger partial charge is 0.221 e. The van der Waals surface area contributed by atoms with Gasteiger partial charge in [0.25, 0.3) is 0 Å². The number of hydrogen-bond donors (Lipinski definition) is 1. The summed E-state index contributed by atoms with van der Waals surface area (Å²) in [7, 11) is 1.88. The van der Waals surface area contributed by atoms with Crippen LogP contribution in [0.4, 0.5) is 0 Å². The number of hydrogen-bond acceptors (Lipinski definition) is 3. The molecule has 0 aliphatic carbocycles. The van der Waals surface area contributed by atoms with Gasteiger partial charge in [-0.3, -0.25) is 0 Å². The quantitative estimate of drug-likeness (QED) is 0.945. The van der Waals surface area contributed by atoms with Crippen molar-refractivity contribution in [1.82, 2.24) is 9.78 Å². The maximum atomic E-state index is 5.89. The van der Waals surface area contributed by atoms with Crippen LogP contribution in [-0.2, 0) is 13.5 Å².